The number of aromatic nitrogens is 3. The van der Waals surface area contributed by atoms with Crippen molar-refractivity contribution in [2.75, 3.05) is 0 Å². The van der Waals surface area contributed by atoms with Gasteiger partial charge in [-0.3, -0.25) is 4.57 Å². The third kappa shape index (κ3) is 10.5. The number of hydrogen-bond donors (Lipinski definition) is 0. The minimum absolute atomic E-state index is 0.561. The largest absolute Gasteiger partial charge is 0.437 e. The normalized spacial score (nSPS) is 11.5. The molecular weight excluding hydrogens is 895 g/mol. The van der Waals surface area contributed by atoms with Crippen LogP contribution in [0.1, 0.15) is 72.8 Å². The van der Waals surface area contributed by atoms with Crippen molar-refractivity contribution in [3.8, 4) is 28.3 Å². The summed E-state index contributed by atoms with van der Waals surface area (Å²) in [5.41, 5.74) is 9.06. The molecule has 0 saturated carbocycles. The molecule has 0 unspecified atom stereocenters. The Morgan fingerprint density at radius 1 is 0.569 bits per heavy atom. The van der Waals surface area contributed by atoms with E-state index in [-0.39, 0.29) is 0 Å². The first-order chi connectivity index (χ1) is 35.4. The molecule has 360 valence electrons. The average Bonchev–Trinajstić information content (AvgIpc) is 4.10. The van der Waals surface area contributed by atoms with Crippen LogP contribution in [0.4, 0.5) is 0 Å². The first-order valence-corrected chi connectivity index (χ1v) is 25.8. The number of para-hydroxylation sites is 2. The maximum atomic E-state index is 6.58. The number of fused-ring (bicyclic) bond motifs is 10. The van der Waals surface area contributed by atoms with Crippen LogP contribution in [0.5, 0.6) is 0 Å². The number of allylic oxidation sites excluding steroid dienone is 10. The smallest absolute Gasteiger partial charge is 0.233 e. The Hall–Kier alpha value is -8.12. The molecule has 0 amide bonds. The number of hydrogen-bond acceptors (Lipinski definition) is 4. The predicted octanol–water partition coefficient (Wildman–Crippen LogP) is 20.9. The second-order valence-corrected chi connectivity index (χ2v) is 17.5. The number of benzene rings is 7. The zero-order valence-electron chi connectivity index (χ0n) is 43.2. The van der Waals surface area contributed by atoms with Gasteiger partial charge in [-0.1, -0.05) is 216 Å². The second-order valence-electron chi connectivity index (χ2n) is 16.5. The van der Waals surface area contributed by atoms with Crippen molar-refractivity contribution in [1.29, 1.82) is 0 Å². The van der Waals surface area contributed by atoms with Crippen LogP contribution >= 0.6 is 11.3 Å². The van der Waals surface area contributed by atoms with Gasteiger partial charge in [0.05, 0.1) is 16.4 Å². The van der Waals surface area contributed by atoms with E-state index in [0.29, 0.717) is 11.5 Å². The van der Waals surface area contributed by atoms with Gasteiger partial charge < -0.3 is 4.42 Å². The highest BCUT2D eigenvalue weighted by atomic mass is 32.1. The van der Waals surface area contributed by atoms with E-state index in [9.17, 15) is 0 Å². The summed E-state index contributed by atoms with van der Waals surface area (Å²) >= 11 is 1.82. The van der Waals surface area contributed by atoms with Crippen LogP contribution in [0, 0.1) is 0 Å². The van der Waals surface area contributed by atoms with Crippen LogP contribution < -0.4 is 0 Å². The number of nitrogens with zero attached hydrogens (tertiary/aromatic N) is 3. The van der Waals surface area contributed by atoms with Crippen molar-refractivity contribution in [3.05, 3.63) is 223 Å². The van der Waals surface area contributed by atoms with E-state index >= 15 is 0 Å². The van der Waals surface area contributed by atoms with Gasteiger partial charge in [0.1, 0.15) is 5.58 Å². The highest BCUT2D eigenvalue weighted by Crippen LogP contribution is 2.44. The van der Waals surface area contributed by atoms with Gasteiger partial charge in [-0.15, -0.1) is 11.3 Å². The lowest BCUT2D eigenvalue weighted by Crippen LogP contribution is -2.02. The fraction of sp³-hybridized carbons (Fsp3) is 0.134. The minimum Gasteiger partial charge on any atom is -0.437 e. The van der Waals surface area contributed by atoms with E-state index in [1.165, 1.54) is 53.2 Å². The average molecular weight is 960 g/mol. The summed E-state index contributed by atoms with van der Waals surface area (Å²) in [7, 11) is 0. The maximum Gasteiger partial charge on any atom is 0.233 e. The Morgan fingerprint density at radius 3 is 1.85 bits per heavy atom. The van der Waals surface area contributed by atoms with Crippen LogP contribution in [-0.2, 0) is 0 Å². The van der Waals surface area contributed by atoms with Gasteiger partial charge in [-0.2, -0.15) is 4.98 Å². The van der Waals surface area contributed by atoms with Crippen molar-refractivity contribution in [3.63, 3.8) is 0 Å². The molecule has 5 heteroatoms. The van der Waals surface area contributed by atoms with Crippen LogP contribution in [0.3, 0.4) is 0 Å². The van der Waals surface area contributed by atoms with Gasteiger partial charge in [0.15, 0.2) is 11.6 Å². The van der Waals surface area contributed by atoms with Crippen LogP contribution in [0.2, 0.25) is 0 Å². The standard InChI is InChI=1S/C49H31N3OS.C8H12.C6H10.2C2H6/c1-3-14-44-31(4-2)36-24-23-30-27-40-35-19-10-12-21-41(35)52(42(40)28-39(30)46(36)54-44)48-45-38-20-11-13-22-43(38)53-49(45)51-47(50-48)37-26-25-32(29-15-6-5-7-16-29)33-17-8-9-18-34(33)37;1-4-5-6-7-8(2)3;1-3-5-6-4-2;2*1-2/h3-28H,2H2,1H3;4-7H,2H2,1,3H3;3-6H,1-2H3;2*1-2H3/b14-3-;5-4-,7-6-;5-3-,6-4-;;. The highest BCUT2D eigenvalue weighted by molar-refractivity contribution is 7.21. The Morgan fingerprint density at radius 2 is 1.18 bits per heavy atom. The van der Waals surface area contributed by atoms with Crippen molar-refractivity contribution >= 4 is 99.0 Å². The van der Waals surface area contributed by atoms with E-state index in [0.717, 1.165) is 55.1 Å². The van der Waals surface area contributed by atoms with Crippen molar-refractivity contribution in [2.24, 2.45) is 0 Å². The quantitative estimate of drug-likeness (QED) is 0.143. The lowest BCUT2D eigenvalue weighted by molar-refractivity contribution is 0.653. The first kappa shape index (κ1) is 51.7. The Balaban J connectivity index is 0.000000368. The summed E-state index contributed by atoms with van der Waals surface area (Å²) < 4.78 is 10.2. The lowest BCUT2D eigenvalue weighted by atomic mass is 9.95. The molecule has 4 heterocycles. The molecule has 0 aliphatic rings. The summed E-state index contributed by atoms with van der Waals surface area (Å²) in [5, 5.41) is 10.1. The third-order valence-corrected chi connectivity index (χ3v) is 13.1. The Bertz CT molecular complexity index is 3820. The zero-order chi connectivity index (χ0) is 51.1. The van der Waals surface area contributed by atoms with E-state index in [1.807, 2.05) is 134 Å². The summed E-state index contributed by atoms with van der Waals surface area (Å²) in [6.45, 7) is 25.9. The van der Waals surface area contributed by atoms with Gasteiger partial charge in [0.2, 0.25) is 5.71 Å². The number of thiophene rings is 1. The van der Waals surface area contributed by atoms with Crippen LogP contribution in [0.15, 0.2) is 217 Å². The van der Waals surface area contributed by atoms with Gasteiger partial charge in [-0.05, 0) is 104 Å². The molecule has 4 nitrogen and oxygen atoms in total. The molecule has 11 aromatic rings. The zero-order valence-corrected chi connectivity index (χ0v) is 44.0. The molecule has 0 aliphatic carbocycles. The molecule has 0 spiro atoms. The Kier molecular flexibility index (Phi) is 17.7. The summed E-state index contributed by atoms with van der Waals surface area (Å²) in [6, 6.07) is 49.4. The van der Waals surface area contributed by atoms with E-state index in [2.05, 4.69) is 164 Å². The predicted molar refractivity (Wildman–Crippen MR) is 321 cm³/mol. The van der Waals surface area contributed by atoms with Gasteiger partial charge >= 0.3 is 0 Å². The van der Waals surface area contributed by atoms with Crippen LogP contribution in [0.25, 0.3) is 116 Å². The fourth-order valence-corrected chi connectivity index (χ4v) is 10.2. The molecule has 0 radical (unpaired) electrons. The van der Waals surface area contributed by atoms with Crippen molar-refractivity contribution < 1.29 is 4.42 Å². The lowest BCUT2D eigenvalue weighted by Gasteiger charge is -2.14. The molecule has 0 N–H and O–H groups in total. The molecule has 0 aliphatic heterocycles. The minimum atomic E-state index is 0.561. The third-order valence-electron chi connectivity index (χ3n) is 11.9. The molecule has 0 fully saturated rings. The van der Waals surface area contributed by atoms with Crippen LogP contribution in [-0.4, -0.2) is 14.5 Å². The SMILES string of the molecule is C/C=C\C=C/C.C=C(C)/C=C\C=C/C.C=Cc1c(/C=C\C)sc2c1ccc1cc3c4ccccc4n(-c4nc(-c5ccc(-c6ccccc6)c6ccccc56)nc5oc6ccccc6c45)c3cc12.CC.CC. The van der Waals surface area contributed by atoms with E-state index in [1.54, 1.807) is 0 Å². The Labute approximate surface area is 429 Å². The summed E-state index contributed by atoms with van der Waals surface area (Å²) in [6.07, 6.45) is 22.2. The first-order valence-electron chi connectivity index (χ1n) is 25.0. The fourth-order valence-electron chi connectivity index (χ4n) is 8.90. The van der Waals surface area contributed by atoms with E-state index < -0.39 is 0 Å². The molecule has 0 bridgehead atoms. The second kappa shape index (κ2) is 24.6. The van der Waals surface area contributed by atoms with Gasteiger partial charge in [0.25, 0.3) is 0 Å². The number of rotatable bonds is 8. The highest BCUT2D eigenvalue weighted by Gasteiger charge is 2.24. The topological polar surface area (TPSA) is 43.9 Å². The molecule has 11 rings (SSSR count). The van der Waals surface area contributed by atoms with Crippen molar-refractivity contribution in [2.45, 2.75) is 62.3 Å². The van der Waals surface area contributed by atoms with Gasteiger partial charge in [0, 0.05) is 42.1 Å². The summed E-state index contributed by atoms with van der Waals surface area (Å²) in [4.78, 5) is 12.0. The maximum absolute atomic E-state index is 6.58. The molecule has 72 heavy (non-hydrogen) atoms. The molecule has 0 atom stereocenters. The van der Waals surface area contributed by atoms with E-state index in [4.69, 9.17) is 14.4 Å². The van der Waals surface area contributed by atoms with Crippen molar-refractivity contribution in [1.82, 2.24) is 14.5 Å². The van der Waals surface area contributed by atoms with Gasteiger partial charge in [-0.25, -0.2) is 4.98 Å². The molecule has 4 aromatic heterocycles. The molecular formula is C67H65N3OS. The molecule has 0 saturated heterocycles. The number of furan rings is 1. The monoisotopic (exact) mass is 959 g/mol. The summed E-state index contributed by atoms with van der Waals surface area (Å²) in [5.74, 6) is 1.41. The molecule has 7 aromatic carbocycles.